The molecule has 0 fully saturated rings. The maximum Gasteiger partial charge on any atom is 0.339 e. The van der Waals surface area contributed by atoms with Crippen LogP contribution >= 0.6 is 0 Å². The maximum atomic E-state index is 12.5. The molecule has 0 unspecified atom stereocenters. The quantitative estimate of drug-likeness (QED) is 0.798. The van der Waals surface area contributed by atoms with Gasteiger partial charge in [-0.05, 0) is 30.5 Å². The number of carbonyl (C=O) groups is 2. The van der Waals surface area contributed by atoms with Crippen molar-refractivity contribution in [3.8, 4) is 0 Å². The summed E-state index contributed by atoms with van der Waals surface area (Å²) < 4.78 is 9.93. The summed E-state index contributed by atoms with van der Waals surface area (Å²) >= 11 is 0. The Morgan fingerprint density at radius 1 is 1.12 bits per heavy atom. The van der Waals surface area contributed by atoms with Gasteiger partial charge in [0.2, 0.25) is 0 Å². The van der Waals surface area contributed by atoms with E-state index in [1.165, 1.54) is 7.11 Å². The molecule has 1 aromatic carbocycles. The fraction of sp³-hybridized carbons (Fsp3) is 0.333. The minimum atomic E-state index is -0.453. The van der Waals surface area contributed by atoms with Crippen LogP contribution in [0, 0.1) is 13.8 Å². The van der Waals surface area contributed by atoms with Crippen molar-refractivity contribution < 1.29 is 19.1 Å². The molecule has 0 aliphatic carbocycles. The Balaban J connectivity index is 2.16. The SMILES string of the molecule is COCc1ccccc1CNC(=O)c1[nH]c(C)c(C(=O)OC)c1C. The van der Waals surface area contributed by atoms with Crippen LogP contribution in [-0.2, 0) is 22.6 Å². The van der Waals surface area contributed by atoms with Crippen LogP contribution in [0.15, 0.2) is 24.3 Å². The number of hydrogen-bond acceptors (Lipinski definition) is 4. The van der Waals surface area contributed by atoms with E-state index in [2.05, 4.69) is 10.3 Å². The first kappa shape index (κ1) is 17.7. The van der Waals surface area contributed by atoms with Crippen molar-refractivity contribution in [2.24, 2.45) is 0 Å². The van der Waals surface area contributed by atoms with Crippen molar-refractivity contribution in [2.45, 2.75) is 27.0 Å². The van der Waals surface area contributed by atoms with E-state index in [0.29, 0.717) is 35.7 Å². The van der Waals surface area contributed by atoms with E-state index in [4.69, 9.17) is 9.47 Å². The van der Waals surface area contributed by atoms with Gasteiger partial charge in [-0.2, -0.15) is 0 Å². The number of carbonyl (C=O) groups excluding carboxylic acids is 2. The molecular formula is C18H22N2O4. The van der Waals surface area contributed by atoms with E-state index >= 15 is 0 Å². The minimum Gasteiger partial charge on any atom is -0.465 e. The van der Waals surface area contributed by atoms with Crippen molar-refractivity contribution in [1.82, 2.24) is 10.3 Å². The Morgan fingerprint density at radius 3 is 2.42 bits per heavy atom. The summed E-state index contributed by atoms with van der Waals surface area (Å²) in [7, 11) is 2.95. The number of aromatic amines is 1. The summed E-state index contributed by atoms with van der Waals surface area (Å²) in [4.78, 5) is 27.2. The van der Waals surface area contributed by atoms with Gasteiger partial charge in [0.15, 0.2) is 0 Å². The summed E-state index contributed by atoms with van der Waals surface area (Å²) in [5.74, 6) is -0.719. The molecule has 1 amide bonds. The predicted molar refractivity (Wildman–Crippen MR) is 89.9 cm³/mol. The highest BCUT2D eigenvalue weighted by Crippen LogP contribution is 2.19. The summed E-state index contributed by atoms with van der Waals surface area (Å²) in [5.41, 5.74) is 3.99. The standard InChI is InChI=1S/C18H22N2O4/c1-11-15(18(22)24-4)12(2)20-16(11)17(21)19-9-13-7-5-6-8-14(13)10-23-3/h5-8,20H,9-10H2,1-4H3,(H,19,21). The van der Waals surface area contributed by atoms with Gasteiger partial charge >= 0.3 is 5.97 Å². The van der Waals surface area contributed by atoms with Gasteiger partial charge in [0.1, 0.15) is 5.69 Å². The summed E-state index contributed by atoms with van der Waals surface area (Å²) in [6.45, 7) is 4.33. The molecule has 2 rings (SSSR count). The zero-order chi connectivity index (χ0) is 17.7. The number of esters is 1. The Kier molecular flexibility index (Phi) is 5.76. The second kappa shape index (κ2) is 7.79. The zero-order valence-corrected chi connectivity index (χ0v) is 14.4. The molecule has 6 nitrogen and oxygen atoms in total. The molecule has 0 atom stereocenters. The van der Waals surface area contributed by atoms with Crippen LogP contribution in [0.3, 0.4) is 0 Å². The third kappa shape index (κ3) is 3.65. The van der Waals surface area contributed by atoms with E-state index < -0.39 is 5.97 Å². The third-order valence-electron chi connectivity index (χ3n) is 3.91. The number of H-pyrrole nitrogens is 1. The largest absolute Gasteiger partial charge is 0.465 e. The molecule has 0 saturated heterocycles. The van der Waals surface area contributed by atoms with Crippen LogP contribution < -0.4 is 5.32 Å². The van der Waals surface area contributed by atoms with Crippen LogP contribution in [0.1, 0.15) is 43.2 Å². The monoisotopic (exact) mass is 330 g/mol. The number of aromatic nitrogens is 1. The van der Waals surface area contributed by atoms with Gasteiger partial charge in [-0.15, -0.1) is 0 Å². The topological polar surface area (TPSA) is 80.4 Å². The molecule has 24 heavy (non-hydrogen) atoms. The van der Waals surface area contributed by atoms with Crippen molar-refractivity contribution >= 4 is 11.9 Å². The van der Waals surface area contributed by atoms with Gasteiger partial charge in [0.05, 0.1) is 19.3 Å². The third-order valence-corrected chi connectivity index (χ3v) is 3.91. The van der Waals surface area contributed by atoms with E-state index in [9.17, 15) is 9.59 Å². The molecule has 1 aromatic heterocycles. The van der Waals surface area contributed by atoms with Gasteiger partial charge < -0.3 is 19.8 Å². The smallest absolute Gasteiger partial charge is 0.339 e. The number of methoxy groups -OCH3 is 2. The lowest BCUT2D eigenvalue weighted by atomic mass is 10.1. The van der Waals surface area contributed by atoms with Crippen molar-refractivity contribution in [1.29, 1.82) is 0 Å². The first-order valence-corrected chi connectivity index (χ1v) is 7.61. The van der Waals surface area contributed by atoms with Crippen molar-refractivity contribution in [3.05, 3.63) is 57.9 Å². The van der Waals surface area contributed by atoms with Gasteiger partial charge in [0.25, 0.3) is 5.91 Å². The lowest BCUT2D eigenvalue weighted by molar-refractivity contribution is 0.0599. The van der Waals surface area contributed by atoms with Crippen LogP contribution in [0.4, 0.5) is 0 Å². The molecular weight excluding hydrogens is 308 g/mol. The second-order valence-electron chi connectivity index (χ2n) is 5.50. The summed E-state index contributed by atoms with van der Waals surface area (Å²) in [5, 5.41) is 2.87. The first-order valence-electron chi connectivity index (χ1n) is 7.61. The number of rotatable bonds is 6. The molecule has 0 spiro atoms. The van der Waals surface area contributed by atoms with Crippen molar-refractivity contribution in [3.63, 3.8) is 0 Å². The Labute approximate surface area is 141 Å². The Bertz CT molecular complexity index is 749. The Hall–Kier alpha value is -2.60. The normalized spacial score (nSPS) is 10.5. The van der Waals surface area contributed by atoms with E-state index in [1.807, 2.05) is 24.3 Å². The second-order valence-corrected chi connectivity index (χ2v) is 5.50. The Morgan fingerprint density at radius 2 is 1.79 bits per heavy atom. The lowest BCUT2D eigenvalue weighted by Gasteiger charge is -2.10. The van der Waals surface area contributed by atoms with E-state index in [0.717, 1.165) is 11.1 Å². The van der Waals surface area contributed by atoms with Crippen LogP contribution in [0.25, 0.3) is 0 Å². The molecule has 128 valence electrons. The highest BCUT2D eigenvalue weighted by Gasteiger charge is 2.22. The summed E-state index contributed by atoms with van der Waals surface area (Å²) in [6.07, 6.45) is 0. The average molecular weight is 330 g/mol. The first-order chi connectivity index (χ1) is 11.5. The molecule has 0 aliphatic heterocycles. The molecule has 2 aromatic rings. The van der Waals surface area contributed by atoms with Gasteiger partial charge in [-0.25, -0.2) is 4.79 Å². The number of nitrogens with one attached hydrogen (secondary N) is 2. The van der Waals surface area contributed by atoms with Crippen LogP contribution in [-0.4, -0.2) is 31.1 Å². The number of benzene rings is 1. The maximum absolute atomic E-state index is 12.5. The predicted octanol–water partition coefficient (Wildman–Crippen LogP) is 2.49. The molecule has 0 aliphatic rings. The van der Waals surface area contributed by atoms with E-state index in [-0.39, 0.29) is 5.91 Å². The highest BCUT2D eigenvalue weighted by molar-refractivity contribution is 6.00. The molecule has 0 bridgehead atoms. The molecule has 2 N–H and O–H groups in total. The number of amides is 1. The highest BCUT2D eigenvalue weighted by atomic mass is 16.5. The number of aryl methyl sites for hydroxylation is 1. The lowest BCUT2D eigenvalue weighted by Crippen LogP contribution is -2.24. The van der Waals surface area contributed by atoms with Crippen LogP contribution in [0.5, 0.6) is 0 Å². The molecule has 1 heterocycles. The number of ether oxygens (including phenoxy) is 2. The molecule has 6 heteroatoms. The van der Waals surface area contributed by atoms with Gasteiger partial charge in [-0.3, -0.25) is 4.79 Å². The van der Waals surface area contributed by atoms with Crippen molar-refractivity contribution in [2.75, 3.05) is 14.2 Å². The number of hydrogen-bond donors (Lipinski definition) is 2. The zero-order valence-electron chi connectivity index (χ0n) is 14.4. The summed E-state index contributed by atoms with van der Waals surface area (Å²) in [6, 6.07) is 7.76. The minimum absolute atomic E-state index is 0.266. The van der Waals surface area contributed by atoms with Gasteiger partial charge in [0, 0.05) is 19.3 Å². The fourth-order valence-electron chi connectivity index (χ4n) is 2.68. The van der Waals surface area contributed by atoms with E-state index in [1.54, 1.807) is 21.0 Å². The molecule has 0 saturated carbocycles. The average Bonchev–Trinajstić information content (AvgIpc) is 2.88. The molecule has 0 radical (unpaired) electrons. The van der Waals surface area contributed by atoms with Gasteiger partial charge in [-0.1, -0.05) is 24.3 Å². The van der Waals surface area contributed by atoms with Crippen LogP contribution in [0.2, 0.25) is 0 Å². The fourth-order valence-corrected chi connectivity index (χ4v) is 2.68.